The van der Waals surface area contributed by atoms with Gasteiger partial charge in [-0.15, -0.1) is 10.2 Å². The molecule has 2 aromatic heterocycles. The molecule has 0 aliphatic carbocycles. The average Bonchev–Trinajstić information content (AvgIpc) is 3.31. The highest BCUT2D eigenvalue weighted by Gasteiger charge is 2.19. The molecule has 0 aliphatic rings. The van der Waals surface area contributed by atoms with E-state index >= 15 is 0 Å². The van der Waals surface area contributed by atoms with Crippen LogP contribution in [0.5, 0.6) is 0 Å². The van der Waals surface area contributed by atoms with Crippen molar-refractivity contribution in [3.05, 3.63) is 45.4 Å². The minimum atomic E-state index is -0.815. The summed E-state index contributed by atoms with van der Waals surface area (Å²) >= 11 is 1.73. The third-order valence-electron chi connectivity index (χ3n) is 3.59. The van der Waals surface area contributed by atoms with Crippen LogP contribution in [0.2, 0.25) is 0 Å². The topological polar surface area (TPSA) is 168 Å². The normalized spacial score (nSPS) is 10.2. The van der Waals surface area contributed by atoms with Crippen LogP contribution in [0.25, 0.3) is 0 Å². The first-order valence-electron chi connectivity index (χ1n) is 8.26. The molecule has 0 spiro atoms. The van der Waals surface area contributed by atoms with Gasteiger partial charge < -0.3 is 10.6 Å². The standard InChI is InChI=1S/C16H14N8O4S2/c1-7-11(29-23-21-7)13(25)19-15(27)17-9-5-3-4-6-10(9)18-16(28)20-14(26)12-8(2)22-24-30-12/h3-6H,1-2H3,(H2,17,19,25,27)(H2,18,20,26,28). The molecular weight excluding hydrogens is 432 g/mol. The monoisotopic (exact) mass is 446 g/mol. The summed E-state index contributed by atoms with van der Waals surface area (Å²) in [6.45, 7) is 3.19. The number of anilines is 2. The molecule has 0 bridgehead atoms. The fourth-order valence-corrected chi connectivity index (χ4v) is 3.31. The quantitative estimate of drug-likeness (QED) is 0.471. The second-order valence-electron chi connectivity index (χ2n) is 5.74. The molecule has 1 aromatic carbocycles. The van der Waals surface area contributed by atoms with Gasteiger partial charge in [0.1, 0.15) is 9.75 Å². The van der Waals surface area contributed by atoms with Crippen LogP contribution in [-0.2, 0) is 0 Å². The summed E-state index contributed by atoms with van der Waals surface area (Å²) < 4.78 is 7.28. The number of urea groups is 2. The molecule has 0 aliphatic heterocycles. The number of carbonyl (C=O) groups is 4. The Hall–Kier alpha value is -3.78. The molecule has 2 heterocycles. The molecule has 154 valence electrons. The summed E-state index contributed by atoms with van der Waals surface area (Å²) in [7, 11) is 0. The Morgan fingerprint density at radius 3 is 1.47 bits per heavy atom. The van der Waals surface area contributed by atoms with E-state index in [1.807, 2.05) is 0 Å². The summed E-state index contributed by atoms with van der Waals surface area (Å²) in [5.41, 5.74) is 1.22. The Balaban J connectivity index is 1.62. The maximum atomic E-state index is 12.2. The summed E-state index contributed by atoms with van der Waals surface area (Å²) in [5, 5.41) is 16.7. The lowest BCUT2D eigenvalue weighted by molar-refractivity contribution is 0.0960. The molecule has 4 N–H and O–H groups in total. The highest BCUT2D eigenvalue weighted by atomic mass is 32.1. The molecule has 30 heavy (non-hydrogen) atoms. The number of amides is 6. The van der Waals surface area contributed by atoms with Crippen LogP contribution in [-0.4, -0.2) is 43.1 Å². The second-order valence-corrected chi connectivity index (χ2v) is 7.25. The van der Waals surface area contributed by atoms with E-state index in [-0.39, 0.29) is 21.1 Å². The lowest BCUT2D eigenvalue weighted by Gasteiger charge is -2.12. The van der Waals surface area contributed by atoms with Crippen LogP contribution < -0.4 is 21.3 Å². The molecule has 3 aromatic rings. The van der Waals surface area contributed by atoms with E-state index in [2.05, 4.69) is 40.4 Å². The van der Waals surface area contributed by atoms with Crippen LogP contribution in [0.3, 0.4) is 0 Å². The van der Waals surface area contributed by atoms with Crippen molar-refractivity contribution in [2.75, 3.05) is 10.6 Å². The Kier molecular flexibility index (Phi) is 6.38. The molecule has 0 radical (unpaired) electrons. The Morgan fingerprint density at radius 1 is 0.733 bits per heavy atom. The lowest BCUT2D eigenvalue weighted by atomic mass is 10.2. The Morgan fingerprint density at radius 2 is 1.13 bits per heavy atom. The van der Waals surface area contributed by atoms with E-state index in [4.69, 9.17) is 0 Å². The van der Waals surface area contributed by atoms with Gasteiger partial charge in [0.25, 0.3) is 11.8 Å². The molecule has 0 atom stereocenters. The summed E-state index contributed by atoms with van der Waals surface area (Å²) in [6, 6.07) is 4.64. The predicted molar refractivity (Wildman–Crippen MR) is 109 cm³/mol. The number of carbonyl (C=O) groups excluding carboxylic acids is 4. The van der Waals surface area contributed by atoms with E-state index < -0.39 is 23.9 Å². The van der Waals surface area contributed by atoms with Gasteiger partial charge in [0.15, 0.2) is 0 Å². The largest absolute Gasteiger partial charge is 0.326 e. The molecule has 0 fully saturated rings. The second kappa shape index (κ2) is 9.15. The number of nitrogens with one attached hydrogen (secondary N) is 4. The number of hydrogen-bond donors (Lipinski definition) is 4. The van der Waals surface area contributed by atoms with Crippen molar-refractivity contribution in [1.82, 2.24) is 29.8 Å². The number of para-hydroxylation sites is 2. The van der Waals surface area contributed by atoms with Gasteiger partial charge in [-0.25, -0.2) is 9.59 Å². The molecule has 0 saturated heterocycles. The molecule has 3 rings (SSSR count). The third kappa shape index (κ3) is 4.98. The maximum Gasteiger partial charge on any atom is 0.326 e. The minimum absolute atomic E-state index is 0.209. The molecule has 12 nitrogen and oxygen atoms in total. The molecule has 14 heteroatoms. The minimum Gasteiger partial charge on any atom is -0.306 e. The first-order valence-corrected chi connectivity index (χ1v) is 9.81. The van der Waals surface area contributed by atoms with E-state index in [0.29, 0.717) is 11.4 Å². The van der Waals surface area contributed by atoms with E-state index in [9.17, 15) is 19.2 Å². The van der Waals surface area contributed by atoms with Crippen molar-refractivity contribution in [3.8, 4) is 0 Å². The number of hydrogen-bond acceptors (Lipinski definition) is 10. The fourth-order valence-electron chi connectivity index (χ4n) is 2.21. The third-order valence-corrected chi connectivity index (χ3v) is 5.25. The summed E-state index contributed by atoms with van der Waals surface area (Å²) in [6.07, 6.45) is 0. The predicted octanol–water partition coefficient (Wildman–Crippen LogP) is 1.93. The number of imide groups is 2. The van der Waals surface area contributed by atoms with E-state index in [1.165, 1.54) is 12.1 Å². The highest BCUT2D eigenvalue weighted by Crippen LogP contribution is 2.21. The van der Waals surface area contributed by atoms with Gasteiger partial charge in [-0.05, 0) is 49.0 Å². The van der Waals surface area contributed by atoms with Crippen molar-refractivity contribution in [3.63, 3.8) is 0 Å². The molecular formula is C16H14N8O4S2. The zero-order chi connectivity index (χ0) is 21.7. The van der Waals surface area contributed by atoms with Crippen LogP contribution in [0.15, 0.2) is 24.3 Å². The van der Waals surface area contributed by atoms with Crippen molar-refractivity contribution in [2.24, 2.45) is 0 Å². The number of rotatable bonds is 4. The molecule has 0 unspecified atom stereocenters. The zero-order valence-electron chi connectivity index (χ0n) is 15.5. The number of nitrogens with zero attached hydrogens (tertiary/aromatic N) is 4. The molecule has 0 saturated carbocycles. The smallest absolute Gasteiger partial charge is 0.306 e. The highest BCUT2D eigenvalue weighted by molar-refractivity contribution is 7.08. The van der Waals surface area contributed by atoms with Crippen LogP contribution in [0, 0.1) is 13.8 Å². The summed E-state index contributed by atoms with van der Waals surface area (Å²) in [5.74, 6) is -1.30. The van der Waals surface area contributed by atoms with Gasteiger partial charge in [0.05, 0.1) is 22.8 Å². The number of benzene rings is 1. The lowest BCUT2D eigenvalue weighted by Crippen LogP contribution is -2.36. The van der Waals surface area contributed by atoms with Crippen LogP contribution >= 0.6 is 23.1 Å². The first-order chi connectivity index (χ1) is 14.3. The van der Waals surface area contributed by atoms with Gasteiger partial charge in [-0.2, -0.15) is 0 Å². The van der Waals surface area contributed by atoms with E-state index in [0.717, 1.165) is 23.1 Å². The van der Waals surface area contributed by atoms with Gasteiger partial charge in [-0.3, -0.25) is 20.2 Å². The van der Waals surface area contributed by atoms with Gasteiger partial charge >= 0.3 is 12.1 Å². The summed E-state index contributed by atoms with van der Waals surface area (Å²) in [4.78, 5) is 48.9. The first kappa shape index (κ1) is 20.9. The Bertz CT molecular complexity index is 1040. The maximum absolute atomic E-state index is 12.2. The number of aryl methyl sites for hydroxylation is 2. The fraction of sp³-hybridized carbons (Fsp3) is 0.125. The van der Waals surface area contributed by atoms with Crippen molar-refractivity contribution in [1.29, 1.82) is 0 Å². The molecule has 6 amide bonds. The van der Waals surface area contributed by atoms with Gasteiger partial charge in [0, 0.05) is 0 Å². The van der Waals surface area contributed by atoms with E-state index in [1.54, 1.807) is 26.0 Å². The van der Waals surface area contributed by atoms with Crippen molar-refractivity contribution in [2.45, 2.75) is 13.8 Å². The van der Waals surface area contributed by atoms with Crippen molar-refractivity contribution >= 4 is 58.3 Å². The van der Waals surface area contributed by atoms with Crippen LogP contribution in [0.4, 0.5) is 21.0 Å². The van der Waals surface area contributed by atoms with Gasteiger partial charge in [-0.1, -0.05) is 21.1 Å². The van der Waals surface area contributed by atoms with Crippen LogP contribution in [0.1, 0.15) is 30.7 Å². The zero-order valence-corrected chi connectivity index (χ0v) is 17.2. The average molecular weight is 446 g/mol. The van der Waals surface area contributed by atoms with Gasteiger partial charge in [0.2, 0.25) is 0 Å². The Labute approximate surface area is 177 Å². The number of aromatic nitrogens is 4. The SMILES string of the molecule is Cc1nnsc1C(=O)NC(=O)Nc1ccccc1NC(=O)NC(=O)c1snnc1C. The van der Waals surface area contributed by atoms with Crippen molar-refractivity contribution < 1.29 is 19.2 Å².